The molecule has 38 heavy (non-hydrogen) atoms. The highest BCUT2D eigenvalue weighted by Crippen LogP contribution is 2.40. The summed E-state index contributed by atoms with van der Waals surface area (Å²) >= 11 is 0. The van der Waals surface area contributed by atoms with E-state index in [0.717, 1.165) is 31.2 Å². The molecule has 1 saturated heterocycles. The van der Waals surface area contributed by atoms with Crippen molar-refractivity contribution in [3.05, 3.63) is 52.3 Å². The normalized spacial score (nSPS) is 22.3. The lowest BCUT2D eigenvalue weighted by Gasteiger charge is -2.35. The molecular weight excluding hydrogens is 496 g/mol. The Balaban J connectivity index is 1.45. The Morgan fingerprint density at radius 3 is 2.55 bits per heavy atom. The van der Waals surface area contributed by atoms with Crippen LogP contribution in [0, 0.1) is 12.8 Å². The number of carbonyl (C=O) groups is 3. The molecule has 2 heterocycles. The van der Waals surface area contributed by atoms with E-state index >= 15 is 0 Å². The summed E-state index contributed by atoms with van der Waals surface area (Å²) in [5, 5.41) is 3.13. The molecule has 2 fully saturated rings. The van der Waals surface area contributed by atoms with Crippen molar-refractivity contribution in [2.45, 2.75) is 83.1 Å². The van der Waals surface area contributed by atoms with Gasteiger partial charge >= 0.3 is 23.9 Å². The first kappa shape index (κ1) is 27.4. The second-order valence-corrected chi connectivity index (χ2v) is 9.80. The van der Waals surface area contributed by atoms with Gasteiger partial charge in [0.15, 0.2) is 12.0 Å². The molecule has 11 nitrogen and oxygen atoms in total. The van der Waals surface area contributed by atoms with Crippen molar-refractivity contribution in [1.82, 2.24) is 10.2 Å². The fraction of sp³-hybridized carbons (Fsp3) is 0.556. The van der Waals surface area contributed by atoms with Crippen LogP contribution in [0.25, 0.3) is 0 Å². The Labute approximate surface area is 220 Å². The molecule has 0 spiro atoms. The van der Waals surface area contributed by atoms with Gasteiger partial charge in [0.2, 0.25) is 5.91 Å². The van der Waals surface area contributed by atoms with Crippen LogP contribution in [-0.4, -0.2) is 54.4 Å². The smallest absolute Gasteiger partial charge is 0.468 e. The van der Waals surface area contributed by atoms with E-state index in [4.69, 9.17) is 23.0 Å². The molecule has 1 N–H and O–H groups in total. The molecule has 0 radical (unpaired) electrons. The summed E-state index contributed by atoms with van der Waals surface area (Å²) in [5.41, 5.74) is 1.07. The molecule has 1 aliphatic carbocycles. The standard InChI is InChI=1S/C27H34N2O9/c1-16(28-20(24(31)34-3)14-13-18-9-5-4-6-10-18)23(30)29-21-12-8-7-11-19(21)15-22(29)36-27(33)38-25-17(2)35-26(32)37-25/h4-6,9-10,16,19-22,28H,7-8,11-15H2,1-3H3/t16-,19+,20-,21-,22-/m0/s1. The first-order valence-electron chi connectivity index (χ1n) is 13.0. The third-order valence-corrected chi connectivity index (χ3v) is 7.28. The number of fused-ring (bicyclic) bond motifs is 1. The van der Waals surface area contributed by atoms with Crippen molar-refractivity contribution in [2.75, 3.05) is 7.11 Å². The van der Waals surface area contributed by atoms with Crippen LogP contribution in [0.3, 0.4) is 0 Å². The van der Waals surface area contributed by atoms with Gasteiger partial charge in [0, 0.05) is 19.4 Å². The highest BCUT2D eigenvalue weighted by atomic mass is 16.8. The molecule has 0 bridgehead atoms. The monoisotopic (exact) mass is 530 g/mol. The predicted molar refractivity (Wildman–Crippen MR) is 133 cm³/mol. The van der Waals surface area contributed by atoms with Gasteiger partial charge in [0.05, 0.1) is 13.2 Å². The molecule has 4 rings (SSSR count). The molecule has 5 atom stereocenters. The number of amides is 1. The molecule has 2 aromatic rings. The quantitative estimate of drug-likeness (QED) is 0.481. The third kappa shape index (κ3) is 6.45. The summed E-state index contributed by atoms with van der Waals surface area (Å²) in [7, 11) is 1.32. The lowest BCUT2D eigenvalue weighted by Crippen LogP contribution is -2.55. The summed E-state index contributed by atoms with van der Waals surface area (Å²) in [6.07, 6.45) is 3.31. The van der Waals surface area contributed by atoms with Crippen LogP contribution in [0.15, 0.2) is 44.0 Å². The number of likely N-dealkylation sites (tertiary alicyclic amines) is 1. The van der Waals surface area contributed by atoms with Crippen molar-refractivity contribution in [3.8, 4) is 5.95 Å². The van der Waals surface area contributed by atoms with Crippen molar-refractivity contribution >= 4 is 18.0 Å². The molecule has 1 saturated carbocycles. The van der Waals surface area contributed by atoms with Gasteiger partial charge < -0.3 is 27.9 Å². The zero-order chi connectivity index (χ0) is 27.2. The highest BCUT2D eigenvalue weighted by molar-refractivity contribution is 5.84. The minimum Gasteiger partial charge on any atom is -0.468 e. The summed E-state index contributed by atoms with van der Waals surface area (Å²) < 4.78 is 25.0. The lowest BCUT2D eigenvalue weighted by atomic mass is 9.85. The maximum atomic E-state index is 13.7. The van der Waals surface area contributed by atoms with E-state index in [1.54, 1.807) is 11.8 Å². The van der Waals surface area contributed by atoms with Crippen molar-refractivity contribution < 1.29 is 37.4 Å². The van der Waals surface area contributed by atoms with Crippen LogP contribution in [0.1, 0.15) is 56.8 Å². The Morgan fingerprint density at radius 1 is 1.13 bits per heavy atom. The van der Waals surface area contributed by atoms with E-state index in [0.29, 0.717) is 19.3 Å². The van der Waals surface area contributed by atoms with Crippen molar-refractivity contribution in [2.24, 2.45) is 5.92 Å². The predicted octanol–water partition coefficient (Wildman–Crippen LogP) is 3.33. The topological polar surface area (TPSA) is 138 Å². The van der Waals surface area contributed by atoms with Gasteiger partial charge in [-0.3, -0.25) is 14.9 Å². The lowest BCUT2D eigenvalue weighted by molar-refractivity contribution is -0.146. The van der Waals surface area contributed by atoms with Gasteiger partial charge in [-0.05, 0) is 44.1 Å². The van der Waals surface area contributed by atoms with Crippen LogP contribution in [0.4, 0.5) is 4.79 Å². The molecule has 1 aromatic heterocycles. The van der Waals surface area contributed by atoms with E-state index in [9.17, 15) is 19.2 Å². The van der Waals surface area contributed by atoms with E-state index in [2.05, 4.69) is 5.32 Å². The van der Waals surface area contributed by atoms with Gasteiger partial charge in [-0.25, -0.2) is 9.59 Å². The van der Waals surface area contributed by atoms with E-state index in [1.807, 2.05) is 30.3 Å². The maximum Gasteiger partial charge on any atom is 0.521 e. The number of carbonyl (C=O) groups excluding carboxylic acids is 3. The van der Waals surface area contributed by atoms with Gasteiger partial charge in [-0.1, -0.05) is 43.2 Å². The number of esters is 1. The highest BCUT2D eigenvalue weighted by Gasteiger charge is 2.48. The summed E-state index contributed by atoms with van der Waals surface area (Å²) in [5.74, 6) is -1.94. The van der Waals surface area contributed by atoms with Crippen LogP contribution >= 0.6 is 0 Å². The zero-order valence-electron chi connectivity index (χ0n) is 21.8. The number of methoxy groups -OCH3 is 1. The molecular formula is C27H34N2O9. The largest absolute Gasteiger partial charge is 0.521 e. The number of rotatable bonds is 9. The van der Waals surface area contributed by atoms with E-state index < -0.39 is 36.3 Å². The zero-order valence-corrected chi connectivity index (χ0v) is 21.8. The average molecular weight is 531 g/mol. The second-order valence-electron chi connectivity index (χ2n) is 9.80. The number of hydrogen-bond donors (Lipinski definition) is 1. The first-order valence-corrected chi connectivity index (χ1v) is 13.0. The van der Waals surface area contributed by atoms with E-state index in [1.165, 1.54) is 14.0 Å². The number of hydrogen-bond acceptors (Lipinski definition) is 10. The minimum atomic E-state index is -1.10. The molecule has 1 aliphatic heterocycles. The first-order chi connectivity index (χ1) is 18.3. The molecule has 2 aliphatic rings. The number of nitrogens with one attached hydrogen (secondary N) is 1. The molecule has 1 amide bonds. The Kier molecular flexibility index (Phi) is 8.88. The SMILES string of the molecule is COC(=O)[C@H](CCc1ccccc1)N[C@@H](C)C(=O)N1[C@@H](OC(=O)Oc2oc(=O)oc2C)C[C@H]2CCCC[C@@H]21. The number of benzene rings is 1. The third-order valence-electron chi connectivity index (χ3n) is 7.28. The molecule has 1 aromatic carbocycles. The fourth-order valence-electron chi connectivity index (χ4n) is 5.43. The summed E-state index contributed by atoms with van der Waals surface area (Å²) in [4.78, 5) is 51.6. The van der Waals surface area contributed by atoms with Crippen molar-refractivity contribution in [1.29, 1.82) is 0 Å². The van der Waals surface area contributed by atoms with Crippen molar-refractivity contribution in [3.63, 3.8) is 0 Å². The second kappa shape index (κ2) is 12.3. The van der Waals surface area contributed by atoms with Crippen LogP contribution in [0.2, 0.25) is 0 Å². The van der Waals surface area contributed by atoms with Crippen LogP contribution < -0.4 is 15.9 Å². The molecule has 11 heteroatoms. The van der Waals surface area contributed by atoms with Crippen LogP contribution in [0.5, 0.6) is 5.95 Å². The Hall–Kier alpha value is -3.60. The minimum absolute atomic E-state index is 0.00199. The Morgan fingerprint density at radius 2 is 1.87 bits per heavy atom. The Bertz CT molecular complexity index is 1170. The van der Waals surface area contributed by atoms with Crippen LogP contribution in [-0.2, 0) is 25.5 Å². The fourth-order valence-corrected chi connectivity index (χ4v) is 5.43. The number of ether oxygens (including phenoxy) is 3. The summed E-state index contributed by atoms with van der Waals surface area (Å²) in [6, 6.07) is 8.22. The van der Waals surface area contributed by atoms with E-state index in [-0.39, 0.29) is 29.6 Å². The number of aryl methyl sites for hydroxylation is 2. The van der Waals surface area contributed by atoms with Gasteiger partial charge in [0.1, 0.15) is 6.04 Å². The van der Waals surface area contributed by atoms with Gasteiger partial charge in [0.25, 0.3) is 0 Å². The van der Waals surface area contributed by atoms with Gasteiger partial charge in [-0.2, -0.15) is 0 Å². The number of nitrogens with zero attached hydrogens (tertiary/aromatic N) is 1. The average Bonchev–Trinajstić information content (AvgIpc) is 3.43. The maximum absolute atomic E-state index is 13.7. The molecule has 206 valence electrons. The molecule has 0 unspecified atom stereocenters. The van der Waals surface area contributed by atoms with Gasteiger partial charge in [-0.15, -0.1) is 0 Å². The summed E-state index contributed by atoms with van der Waals surface area (Å²) in [6.45, 7) is 3.10.